The van der Waals surface area contributed by atoms with Gasteiger partial charge in [0.1, 0.15) is 0 Å². The van der Waals surface area contributed by atoms with Crippen LogP contribution in [0.3, 0.4) is 0 Å². The van der Waals surface area contributed by atoms with Gasteiger partial charge in [0.2, 0.25) is 0 Å². The molecule has 0 rings (SSSR count). The van der Waals surface area contributed by atoms with Crippen LogP contribution in [0.4, 0.5) is 0 Å². The SMILES string of the molecule is C=C(CCCCCCC(C)C)C(=O)O.C=CC(=O)OCCCC. The zero-order valence-electron chi connectivity index (χ0n) is 15.1. The Labute approximate surface area is 141 Å². The Morgan fingerprint density at radius 1 is 1.13 bits per heavy atom. The predicted octanol–water partition coefficient (Wildman–Crippen LogP) is 5.14. The molecule has 0 spiro atoms. The Bertz CT molecular complexity index is 345. The van der Waals surface area contributed by atoms with E-state index in [4.69, 9.17) is 5.11 Å². The van der Waals surface area contributed by atoms with E-state index in [1.165, 1.54) is 25.3 Å². The van der Waals surface area contributed by atoms with Crippen LogP contribution in [-0.2, 0) is 14.3 Å². The molecule has 23 heavy (non-hydrogen) atoms. The predicted molar refractivity (Wildman–Crippen MR) is 95.4 cm³/mol. The summed E-state index contributed by atoms with van der Waals surface area (Å²) in [6.45, 7) is 13.8. The van der Waals surface area contributed by atoms with E-state index in [1.54, 1.807) is 0 Å². The summed E-state index contributed by atoms with van der Waals surface area (Å²) in [5.74, 6) is -0.403. The van der Waals surface area contributed by atoms with Crippen LogP contribution in [0.25, 0.3) is 0 Å². The fraction of sp³-hybridized carbons (Fsp3) is 0.684. The lowest BCUT2D eigenvalue weighted by molar-refractivity contribution is -0.138. The van der Waals surface area contributed by atoms with Crippen molar-refractivity contribution in [3.05, 3.63) is 24.8 Å². The molecule has 0 bridgehead atoms. The van der Waals surface area contributed by atoms with Crippen molar-refractivity contribution in [3.8, 4) is 0 Å². The van der Waals surface area contributed by atoms with Gasteiger partial charge in [-0.3, -0.25) is 0 Å². The number of ether oxygens (including phenoxy) is 1. The van der Waals surface area contributed by atoms with Gasteiger partial charge in [0.05, 0.1) is 6.61 Å². The highest BCUT2D eigenvalue weighted by Crippen LogP contribution is 2.12. The van der Waals surface area contributed by atoms with Crippen LogP contribution in [0.1, 0.15) is 72.1 Å². The van der Waals surface area contributed by atoms with Crippen LogP contribution in [0.2, 0.25) is 0 Å². The molecular formula is C19H34O4. The molecule has 1 N–H and O–H groups in total. The van der Waals surface area contributed by atoms with Gasteiger partial charge < -0.3 is 9.84 Å². The van der Waals surface area contributed by atoms with Gasteiger partial charge in [-0.15, -0.1) is 0 Å². The minimum absolute atomic E-state index is 0.330. The van der Waals surface area contributed by atoms with Gasteiger partial charge in [0.25, 0.3) is 0 Å². The highest BCUT2D eigenvalue weighted by atomic mass is 16.5. The van der Waals surface area contributed by atoms with Crippen LogP contribution in [0.5, 0.6) is 0 Å². The summed E-state index contributed by atoms with van der Waals surface area (Å²) >= 11 is 0. The average Bonchev–Trinajstić information content (AvgIpc) is 2.50. The first kappa shape index (κ1) is 23.7. The molecule has 0 aliphatic carbocycles. The second-order valence-corrected chi connectivity index (χ2v) is 5.98. The number of aliphatic carboxylic acids is 1. The first-order valence-corrected chi connectivity index (χ1v) is 8.55. The Balaban J connectivity index is 0. The van der Waals surface area contributed by atoms with Crippen LogP contribution >= 0.6 is 0 Å². The van der Waals surface area contributed by atoms with Crippen molar-refractivity contribution < 1.29 is 19.4 Å². The summed E-state index contributed by atoms with van der Waals surface area (Å²) in [7, 11) is 0. The van der Waals surface area contributed by atoms with Crippen molar-refractivity contribution >= 4 is 11.9 Å². The van der Waals surface area contributed by atoms with Gasteiger partial charge in [-0.05, 0) is 25.2 Å². The largest absolute Gasteiger partial charge is 0.478 e. The fourth-order valence-corrected chi connectivity index (χ4v) is 1.73. The second kappa shape index (κ2) is 16.8. The molecule has 4 nitrogen and oxygen atoms in total. The van der Waals surface area contributed by atoms with E-state index in [0.29, 0.717) is 18.6 Å². The molecule has 0 radical (unpaired) electrons. The lowest BCUT2D eigenvalue weighted by atomic mass is 10.0. The number of unbranched alkanes of at least 4 members (excludes halogenated alkanes) is 4. The monoisotopic (exact) mass is 326 g/mol. The number of hydrogen-bond acceptors (Lipinski definition) is 3. The maximum Gasteiger partial charge on any atom is 0.330 e. The molecule has 134 valence electrons. The second-order valence-electron chi connectivity index (χ2n) is 5.98. The molecule has 0 aromatic rings. The van der Waals surface area contributed by atoms with Gasteiger partial charge >= 0.3 is 11.9 Å². The smallest absolute Gasteiger partial charge is 0.330 e. The van der Waals surface area contributed by atoms with E-state index >= 15 is 0 Å². The Hall–Kier alpha value is -1.58. The van der Waals surface area contributed by atoms with E-state index in [-0.39, 0.29) is 5.97 Å². The highest BCUT2D eigenvalue weighted by Gasteiger charge is 2.02. The molecule has 0 aliphatic heterocycles. The third-order valence-electron chi connectivity index (χ3n) is 3.22. The molecule has 0 aromatic heterocycles. The van der Waals surface area contributed by atoms with Crippen molar-refractivity contribution in [2.75, 3.05) is 6.61 Å². The summed E-state index contributed by atoms with van der Waals surface area (Å²) in [6.07, 6.45) is 9.63. The molecule has 0 heterocycles. The molecule has 4 heteroatoms. The minimum Gasteiger partial charge on any atom is -0.478 e. The third kappa shape index (κ3) is 20.4. The molecule has 0 aliphatic rings. The molecule has 0 saturated heterocycles. The van der Waals surface area contributed by atoms with E-state index in [1.807, 2.05) is 6.92 Å². The standard InChI is InChI=1S/C12H22O2.C7H12O2/c1-10(2)8-6-4-5-7-9-11(3)12(13)14;1-3-5-6-9-7(8)4-2/h10H,3-9H2,1-2H3,(H,13,14);4H,2-3,5-6H2,1H3. The van der Waals surface area contributed by atoms with Crippen molar-refractivity contribution in [3.63, 3.8) is 0 Å². The first-order valence-electron chi connectivity index (χ1n) is 8.55. The number of hydrogen-bond donors (Lipinski definition) is 1. The Kier molecular flexibility index (Phi) is 17.3. The van der Waals surface area contributed by atoms with Gasteiger partial charge in [-0.2, -0.15) is 0 Å². The molecule has 0 unspecified atom stereocenters. The summed E-state index contributed by atoms with van der Waals surface area (Å²) in [4.78, 5) is 20.8. The summed E-state index contributed by atoms with van der Waals surface area (Å²) in [6, 6.07) is 0. The fourth-order valence-electron chi connectivity index (χ4n) is 1.73. The van der Waals surface area contributed by atoms with E-state index in [0.717, 1.165) is 31.6 Å². The highest BCUT2D eigenvalue weighted by molar-refractivity contribution is 5.85. The van der Waals surface area contributed by atoms with Crippen LogP contribution in [0.15, 0.2) is 24.8 Å². The number of carboxylic acids is 1. The normalized spacial score (nSPS) is 9.74. The molecule has 0 saturated carbocycles. The summed E-state index contributed by atoms with van der Waals surface area (Å²) < 4.78 is 4.67. The van der Waals surface area contributed by atoms with Crippen LogP contribution < -0.4 is 0 Å². The van der Waals surface area contributed by atoms with Crippen molar-refractivity contribution in [2.24, 2.45) is 5.92 Å². The van der Waals surface area contributed by atoms with Crippen molar-refractivity contribution in [1.29, 1.82) is 0 Å². The number of carbonyl (C=O) groups excluding carboxylic acids is 1. The van der Waals surface area contributed by atoms with E-state index < -0.39 is 5.97 Å². The molecule has 0 amide bonds. The van der Waals surface area contributed by atoms with Gasteiger partial charge in [0.15, 0.2) is 0 Å². The van der Waals surface area contributed by atoms with Gasteiger partial charge in [-0.1, -0.05) is 66.0 Å². The van der Waals surface area contributed by atoms with Gasteiger partial charge in [0, 0.05) is 11.6 Å². The average molecular weight is 326 g/mol. The lowest BCUT2D eigenvalue weighted by Gasteiger charge is -2.04. The van der Waals surface area contributed by atoms with E-state index in [2.05, 4.69) is 31.7 Å². The van der Waals surface area contributed by atoms with Crippen molar-refractivity contribution in [1.82, 2.24) is 0 Å². The van der Waals surface area contributed by atoms with Crippen LogP contribution in [0, 0.1) is 5.92 Å². The molecule has 0 fully saturated rings. The van der Waals surface area contributed by atoms with Crippen LogP contribution in [-0.4, -0.2) is 23.7 Å². The maximum atomic E-state index is 10.4. The quantitative estimate of drug-likeness (QED) is 0.306. The number of rotatable bonds is 12. The summed E-state index contributed by atoms with van der Waals surface area (Å²) in [5.41, 5.74) is 0.342. The first-order chi connectivity index (χ1) is 10.8. The Morgan fingerprint density at radius 2 is 1.74 bits per heavy atom. The van der Waals surface area contributed by atoms with E-state index in [9.17, 15) is 9.59 Å². The van der Waals surface area contributed by atoms with Crippen molar-refractivity contribution in [2.45, 2.75) is 72.1 Å². The number of esters is 1. The maximum absolute atomic E-state index is 10.4. The summed E-state index contributed by atoms with van der Waals surface area (Å²) in [5, 5.41) is 8.56. The topological polar surface area (TPSA) is 63.6 Å². The van der Waals surface area contributed by atoms with Gasteiger partial charge in [-0.25, -0.2) is 9.59 Å². The minimum atomic E-state index is -0.854. The molecule has 0 aromatic carbocycles. The number of carboxylic acid groups (broad SMARTS) is 1. The zero-order valence-corrected chi connectivity index (χ0v) is 15.1. The Morgan fingerprint density at radius 3 is 2.22 bits per heavy atom. The molecule has 0 atom stereocenters. The zero-order chi connectivity index (χ0) is 18.1. The third-order valence-corrected chi connectivity index (χ3v) is 3.22. The lowest BCUT2D eigenvalue weighted by Crippen LogP contribution is -2.00. The molecular weight excluding hydrogens is 292 g/mol. The number of carbonyl (C=O) groups is 2.